The number of methoxy groups -OCH3 is 1. The highest BCUT2D eigenvalue weighted by Crippen LogP contribution is 2.33. The molecule has 35 heavy (non-hydrogen) atoms. The Hall–Kier alpha value is -4.37. The largest absolute Gasteiger partial charge is 0.504 e. The number of carbonyl (C=O) groups is 1. The molecule has 5 rings (SSSR count). The second-order valence-corrected chi connectivity index (χ2v) is 8.73. The summed E-state index contributed by atoms with van der Waals surface area (Å²) in [6.07, 6.45) is 1.68. The number of aromatic nitrogens is 1. The Bertz CT molecular complexity index is 1520. The average molecular weight is 487 g/mol. The van der Waals surface area contributed by atoms with Crippen LogP contribution in [-0.4, -0.2) is 35.6 Å². The summed E-state index contributed by atoms with van der Waals surface area (Å²) in [7, 11) is 1.50. The van der Waals surface area contributed by atoms with Crippen molar-refractivity contribution < 1.29 is 19.4 Å². The van der Waals surface area contributed by atoms with E-state index in [4.69, 9.17) is 19.6 Å². The third kappa shape index (κ3) is 4.80. The van der Waals surface area contributed by atoms with Gasteiger partial charge in [-0.1, -0.05) is 12.1 Å². The fraction of sp³-hybridized carbons (Fsp3) is 0.115. The summed E-state index contributed by atoms with van der Waals surface area (Å²) in [5, 5.41) is 19.4. The van der Waals surface area contributed by atoms with Gasteiger partial charge in [-0.2, -0.15) is 5.10 Å². The number of hydrogen-bond acceptors (Lipinski definition) is 7. The maximum absolute atomic E-state index is 11.8. The molecule has 2 N–H and O–H groups in total. The van der Waals surface area contributed by atoms with E-state index < -0.39 is 0 Å². The monoisotopic (exact) mass is 486 g/mol. The maximum Gasteiger partial charge on any atom is 0.262 e. The fourth-order valence-corrected chi connectivity index (χ4v) is 4.49. The zero-order valence-electron chi connectivity index (χ0n) is 19.1. The van der Waals surface area contributed by atoms with Crippen LogP contribution in [0.5, 0.6) is 17.2 Å². The molecule has 0 unspecified atom stereocenters. The molecule has 3 aromatic carbocycles. The Morgan fingerprint density at radius 2 is 2.06 bits per heavy atom. The molecule has 0 saturated heterocycles. The van der Waals surface area contributed by atoms with Crippen LogP contribution >= 0.6 is 11.3 Å². The molecule has 4 aromatic rings. The lowest BCUT2D eigenvalue weighted by Gasteiger charge is -2.18. The first-order chi connectivity index (χ1) is 17.0. The Morgan fingerprint density at radius 1 is 1.17 bits per heavy atom. The summed E-state index contributed by atoms with van der Waals surface area (Å²) in [5.74, 6) is 0.850. The molecule has 2 heterocycles. The van der Waals surface area contributed by atoms with Crippen LogP contribution in [0.4, 0.5) is 11.4 Å². The van der Waals surface area contributed by atoms with E-state index in [2.05, 4.69) is 5.32 Å². The Morgan fingerprint density at radius 3 is 2.89 bits per heavy atom. The van der Waals surface area contributed by atoms with E-state index in [9.17, 15) is 9.90 Å². The van der Waals surface area contributed by atoms with Gasteiger partial charge in [0.25, 0.3) is 5.91 Å². The summed E-state index contributed by atoms with van der Waals surface area (Å²) in [5.41, 5.74) is 4.93. The van der Waals surface area contributed by atoms with Crippen LogP contribution in [0.3, 0.4) is 0 Å². The van der Waals surface area contributed by atoms with Crippen molar-refractivity contribution in [1.29, 1.82) is 0 Å². The predicted octanol–water partition coefficient (Wildman–Crippen LogP) is 4.68. The minimum Gasteiger partial charge on any atom is -0.504 e. The Labute approximate surface area is 205 Å². The van der Waals surface area contributed by atoms with Gasteiger partial charge in [0.15, 0.2) is 18.1 Å². The number of amides is 1. The van der Waals surface area contributed by atoms with Crippen molar-refractivity contribution in [3.8, 4) is 28.5 Å². The number of hydrogen-bond donors (Lipinski definition) is 2. The number of nitrogens with zero attached hydrogens (tertiary/aromatic N) is 3. The molecule has 176 valence electrons. The van der Waals surface area contributed by atoms with E-state index in [0.29, 0.717) is 22.0 Å². The highest BCUT2D eigenvalue weighted by molar-refractivity contribution is 7.07. The van der Waals surface area contributed by atoms with E-state index in [-0.39, 0.29) is 18.3 Å². The van der Waals surface area contributed by atoms with Crippen molar-refractivity contribution in [3.63, 3.8) is 0 Å². The topological polar surface area (TPSA) is 97.4 Å². The van der Waals surface area contributed by atoms with Crippen LogP contribution in [0.25, 0.3) is 11.3 Å². The van der Waals surface area contributed by atoms with E-state index in [1.165, 1.54) is 18.4 Å². The third-order valence-corrected chi connectivity index (χ3v) is 6.16. The smallest absolute Gasteiger partial charge is 0.262 e. The number of ether oxygens (including phenoxy) is 2. The quantitative estimate of drug-likeness (QED) is 0.400. The lowest BCUT2D eigenvalue weighted by molar-refractivity contribution is -0.118. The van der Waals surface area contributed by atoms with Gasteiger partial charge in [0.1, 0.15) is 5.75 Å². The summed E-state index contributed by atoms with van der Waals surface area (Å²) in [6, 6.07) is 18.6. The van der Waals surface area contributed by atoms with Gasteiger partial charge < -0.3 is 19.9 Å². The minimum atomic E-state index is -0.192. The van der Waals surface area contributed by atoms with Gasteiger partial charge in [0.05, 0.1) is 30.4 Å². The zero-order chi connectivity index (χ0) is 24.4. The number of aryl methyl sites for hydroxylation is 1. The summed E-state index contributed by atoms with van der Waals surface area (Å²) < 4.78 is 12.5. The highest BCUT2D eigenvalue weighted by atomic mass is 32.1. The first kappa shape index (κ1) is 22.4. The maximum atomic E-state index is 11.8. The molecular weight excluding hydrogens is 464 g/mol. The first-order valence-electron chi connectivity index (χ1n) is 10.8. The van der Waals surface area contributed by atoms with Crippen LogP contribution in [0, 0.1) is 6.92 Å². The molecule has 0 bridgehead atoms. The number of thiazole rings is 1. The van der Waals surface area contributed by atoms with Gasteiger partial charge in [-0.25, -0.2) is 9.67 Å². The van der Waals surface area contributed by atoms with Crippen LogP contribution in [0.15, 0.2) is 76.1 Å². The molecule has 0 radical (unpaired) electrons. The predicted molar refractivity (Wildman–Crippen MR) is 136 cm³/mol. The van der Waals surface area contributed by atoms with Crippen LogP contribution < -0.4 is 19.6 Å². The molecular formula is C26H22N4O4S. The Kier molecular flexibility index (Phi) is 6.07. The molecule has 0 saturated carbocycles. The molecule has 0 aliphatic carbocycles. The molecule has 1 aliphatic heterocycles. The normalized spacial score (nSPS) is 13.4. The van der Waals surface area contributed by atoms with Gasteiger partial charge in [0, 0.05) is 10.9 Å². The molecule has 9 heteroatoms. The van der Waals surface area contributed by atoms with Crippen molar-refractivity contribution in [2.75, 3.05) is 19.0 Å². The number of nitrogens with one attached hydrogen (secondary N) is 1. The van der Waals surface area contributed by atoms with E-state index >= 15 is 0 Å². The lowest BCUT2D eigenvalue weighted by atomic mass is 10.1. The minimum absolute atomic E-state index is 0.00467. The van der Waals surface area contributed by atoms with Gasteiger partial charge >= 0.3 is 0 Å². The van der Waals surface area contributed by atoms with E-state index in [1.807, 2.05) is 54.8 Å². The molecule has 1 aromatic heterocycles. The fourth-order valence-electron chi connectivity index (χ4n) is 3.64. The highest BCUT2D eigenvalue weighted by Gasteiger charge is 2.18. The molecule has 0 fully saturated rings. The Balaban J connectivity index is 1.62. The number of anilines is 1. The molecule has 0 atom stereocenters. The van der Waals surface area contributed by atoms with Gasteiger partial charge in [0.2, 0.25) is 4.80 Å². The first-order valence-corrected chi connectivity index (χ1v) is 11.7. The van der Waals surface area contributed by atoms with Crippen molar-refractivity contribution >= 4 is 34.8 Å². The molecule has 1 aliphatic rings. The van der Waals surface area contributed by atoms with Gasteiger partial charge in [-0.3, -0.25) is 4.79 Å². The van der Waals surface area contributed by atoms with Gasteiger partial charge in [-0.15, -0.1) is 11.3 Å². The molecule has 8 nitrogen and oxygen atoms in total. The van der Waals surface area contributed by atoms with Crippen molar-refractivity contribution in [2.45, 2.75) is 6.92 Å². The zero-order valence-corrected chi connectivity index (χ0v) is 19.9. The molecule has 0 spiro atoms. The second kappa shape index (κ2) is 9.47. The average Bonchev–Trinajstić information content (AvgIpc) is 3.25. The van der Waals surface area contributed by atoms with Crippen LogP contribution in [-0.2, 0) is 4.79 Å². The van der Waals surface area contributed by atoms with Crippen molar-refractivity contribution in [1.82, 2.24) is 4.68 Å². The number of aromatic hydroxyl groups is 1. The number of rotatable bonds is 5. The van der Waals surface area contributed by atoms with Crippen LogP contribution in [0.2, 0.25) is 0 Å². The third-order valence-electron chi connectivity index (χ3n) is 5.35. The lowest BCUT2D eigenvalue weighted by Crippen LogP contribution is -2.25. The van der Waals surface area contributed by atoms with Crippen molar-refractivity contribution in [3.05, 3.63) is 82.0 Å². The second-order valence-electron chi connectivity index (χ2n) is 7.89. The van der Waals surface area contributed by atoms with Crippen LogP contribution in [0.1, 0.15) is 11.1 Å². The van der Waals surface area contributed by atoms with Gasteiger partial charge in [-0.05, 0) is 66.6 Å². The number of phenolic OH excluding ortho intramolecular Hbond substituents is 1. The SMILES string of the molecule is COc1cc(/C=N\n2c(-c3ccc4c(c3)NC(=O)CO4)csc2=Nc2cccc(C)c2)ccc1O. The summed E-state index contributed by atoms with van der Waals surface area (Å²) in [6.45, 7) is 2.03. The number of benzene rings is 3. The number of fused-ring (bicyclic) bond motifs is 1. The summed E-state index contributed by atoms with van der Waals surface area (Å²) in [4.78, 5) is 17.3. The number of carbonyl (C=O) groups excluding carboxylic acids is 1. The van der Waals surface area contributed by atoms with E-state index in [0.717, 1.165) is 28.1 Å². The number of phenols is 1. The summed E-state index contributed by atoms with van der Waals surface area (Å²) >= 11 is 1.45. The standard InChI is InChI=1S/C26H22N4O4S/c1-16-4-3-5-19(10-16)28-26-30(27-13-17-6-8-22(31)24(11-17)33-2)21(15-35-26)18-7-9-23-20(12-18)29-25(32)14-34-23/h3-13,15,31H,14H2,1-2H3,(H,29,32)/b27-13-,28-26?. The van der Waals surface area contributed by atoms with E-state index in [1.54, 1.807) is 29.1 Å². The van der Waals surface area contributed by atoms with Crippen molar-refractivity contribution in [2.24, 2.45) is 10.1 Å². The molecule has 1 amide bonds.